The quantitative estimate of drug-likeness (QED) is 0.608. The molecule has 2 aliphatic rings. The maximum absolute atomic E-state index is 12.7. The fourth-order valence-electron chi connectivity index (χ4n) is 3.73. The van der Waals surface area contributed by atoms with E-state index in [-0.39, 0.29) is 36.6 Å². The van der Waals surface area contributed by atoms with Crippen molar-refractivity contribution in [1.82, 2.24) is 14.3 Å². The predicted molar refractivity (Wildman–Crippen MR) is 118 cm³/mol. The van der Waals surface area contributed by atoms with Gasteiger partial charge in [-0.1, -0.05) is 0 Å². The molecule has 1 amide bonds. The number of nitrogens with one attached hydrogen (secondary N) is 1. The maximum atomic E-state index is 12.7. The SMILES string of the molecule is O=C(Nc1nc(-c2ccc3c(c2)OCO3)cs1)C1CCN(S(=O)(=O)c2cccnc2)CC1. The van der Waals surface area contributed by atoms with Crippen molar-refractivity contribution >= 4 is 32.4 Å². The number of aromatic nitrogens is 2. The number of fused-ring (bicyclic) bond motifs is 1. The number of nitrogens with zero attached hydrogens (tertiary/aromatic N) is 3. The van der Waals surface area contributed by atoms with Gasteiger partial charge in [-0.3, -0.25) is 9.78 Å². The van der Waals surface area contributed by atoms with Crippen molar-refractivity contribution in [3.8, 4) is 22.8 Å². The second kappa shape index (κ2) is 8.49. The number of pyridine rings is 1. The third kappa shape index (κ3) is 4.06. The molecule has 0 saturated carbocycles. The number of ether oxygens (including phenoxy) is 2. The highest BCUT2D eigenvalue weighted by molar-refractivity contribution is 7.89. The Morgan fingerprint density at radius 3 is 2.75 bits per heavy atom. The molecule has 0 unspecified atom stereocenters. The molecule has 4 heterocycles. The minimum absolute atomic E-state index is 0.144. The van der Waals surface area contributed by atoms with E-state index in [0.29, 0.717) is 29.5 Å². The summed E-state index contributed by atoms with van der Waals surface area (Å²) >= 11 is 1.34. The normalized spacial score (nSPS) is 16.8. The first-order valence-corrected chi connectivity index (χ1v) is 12.4. The number of benzene rings is 1. The molecule has 1 saturated heterocycles. The summed E-state index contributed by atoms with van der Waals surface area (Å²) in [5.41, 5.74) is 1.61. The fourth-order valence-corrected chi connectivity index (χ4v) is 5.89. The standard InChI is InChI=1S/C21H20N4O5S2/c26-20(14-5-8-25(9-6-14)32(27,28)16-2-1-7-22-11-16)24-21-23-17(12-31-21)15-3-4-18-19(10-15)30-13-29-18/h1-4,7,10-12,14H,5-6,8-9,13H2,(H,23,24,26). The molecule has 0 atom stereocenters. The molecule has 11 heteroatoms. The van der Waals surface area contributed by atoms with E-state index >= 15 is 0 Å². The Bertz CT molecular complexity index is 1240. The number of thiazole rings is 1. The number of hydrogen-bond acceptors (Lipinski definition) is 8. The van der Waals surface area contributed by atoms with E-state index in [1.54, 1.807) is 6.07 Å². The first-order valence-electron chi connectivity index (χ1n) is 10.1. The van der Waals surface area contributed by atoms with Gasteiger partial charge in [0.05, 0.1) is 5.69 Å². The van der Waals surface area contributed by atoms with Gasteiger partial charge in [-0.2, -0.15) is 4.31 Å². The molecule has 0 bridgehead atoms. The van der Waals surface area contributed by atoms with Crippen LogP contribution in [-0.4, -0.2) is 48.5 Å². The fraction of sp³-hybridized carbons (Fsp3) is 0.286. The summed E-state index contributed by atoms with van der Waals surface area (Å²) in [5.74, 6) is 0.965. The highest BCUT2D eigenvalue weighted by Crippen LogP contribution is 2.36. The molecule has 5 rings (SSSR count). The van der Waals surface area contributed by atoms with Gasteiger partial charge in [-0.05, 0) is 43.2 Å². The number of carbonyl (C=O) groups is 1. The second-order valence-electron chi connectivity index (χ2n) is 7.46. The first kappa shape index (κ1) is 20.9. The Balaban J connectivity index is 1.20. The minimum Gasteiger partial charge on any atom is -0.454 e. The lowest BCUT2D eigenvalue weighted by Gasteiger charge is -2.30. The minimum atomic E-state index is -3.59. The lowest BCUT2D eigenvalue weighted by atomic mass is 9.97. The number of anilines is 1. The summed E-state index contributed by atoms with van der Waals surface area (Å²) in [7, 11) is -3.59. The van der Waals surface area contributed by atoms with Crippen molar-refractivity contribution in [2.45, 2.75) is 17.7 Å². The summed E-state index contributed by atoms with van der Waals surface area (Å²) in [6.45, 7) is 0.783. The van der Waals surface area contributed by atoms with Crippen LogP contribution >= 0.6 is 11.3 Å². The van der Waals surface area contributed by atoms with Gasteiger partial charge in [-0.25, -0.2) is 13.4 Å². The Hall–Kier alpha value is -3.02. The molecule has 2 aliphatic heterocycles. The van der Waals surface area contributed by atoms with E-state index < -0.39 is 10.0 Å². The van der Waals surface area contributed by atoms with Crippen LogP contribution in [0.2, 0.25) is 0 Å². The summed E-state index contributed by atoms with van der Waals surface area (Å²) in [6, 6.07) is 8.72. The van der Waals surface area contributed by atoms with Crippen LogP contribution in [0, 0.1) is 5.92 Å². The van der Waals surface area contributed by atoms with Crippen molar-refractivity contribution in [1.29, 1.82) is 0 Å². The van der Waals surface area contributed by atoms with Gasteiger partial charge >= 0.3 is 0 Å². The van der Waals surface area contributed by atoms with Gasteiger partial charge in [0.15, 0.2) is 16.6 Å². The molecule has 0 aliphatic carbocycles. The van der Waals surface area contributed by atoms with Crippen LogP contribution in [0.4, 0.5) is 5.13 Å². The van der Waals surface area contributed by atoms with E-state index in [4.69, 9.17) is 9.47 Å². The number of piperidine rings is 1. The van der Waals surface area contributed by atoms with Crippen molar-refractivity contribution in [3.05, 3.63) is 48.1 Å². The number of sulfonamides is 1. The number of carbonyl (C=O) groups excluding carboxylic acids is 1. The zero-order chi connectivity index (χ0) is 22.1. The smallest absolute Gasteiger partial charge is 0.244 e. The van der Waals surface area contributed by atoms with Gasteiger partial charge in [0.25, 0.3) is 0 Å². The molecule has 0 radical (unpaired) electrons. The van der Waals surface area contributed by atoms with E-state index in [9.17, 15) is 13.2 Å². The van der Waals surface area contributed by atoms with E-state index in [2.05, 4.69) is 15.3 Å². The molecule has 1 fully saturated rings. The third-order valence-corrected chi connectivity index (χ3v) is 8.14. The predicted octanol–water partition coefficient (Wildman–Crippen LogP) is 2.97. The highest BCUT2D eigenvalue weighted by atomic mass is 32.2. The van der Waals surface area contributed by atoms with Gasteiger partial charge < -0.3 is 14.8 Å². The van der Waals surface area contributed by atoms with Gasteiger partial charge in [0, 0.05) is 42.3 Å². The Morgan fingerprint density at radius 1 is 1.16 bits per heavy atom. The average Bonchev–Trinajstić information content (AvgIpc) is 3.48. The van der Waals surface area contributed by atoms with Gasteiger partial charge in [0.2, 0.25) is 22.7 Å². The molecule has 2 aromatic heterocycles. The molecule has 0 spiro atoms. The molecule has 166 valence electrons. The largest absolute Gasteiger partial charge is 0.454 e. The lowest BCUT2D eigenvalue weighted by Crippen LogP contribution is -2.41. The first-order chi connectivity index (χ1) is 15.5. The maximum Gasteiger partial charge on any atom is 0.244 e. The molecule has 3 aromatic rings. The molecule has 32 heavy (non-hydrogen) atoms. The average molecular weight is 473 g/mol. The van der Waals surface area contributed by atoms with E-state index in [1.807, 2.05) is 23.6 Å². The Morgan fingerprint density at radius 2 is 1.97 bits per heavy atom. The molecule has 1 N–H and O–H groups in total. The van der Waals surface area contributed by atoms with E-state index in [0.717, 1.165) is 11.3 Å². The summed E-state index contributed by atoms with van der Waals surface area (Å²) in [5, 5.41) is 5.25. The Kier molecular flexibility index (Phi) is 5.53. The van der Waals surface area contributed by atoms with Crippen LogP contribution in [0.3, 0.4) is 0 Å². The zero-order valence-corrected chi connectivity index (χ0v) is 18.6. The molecular formula is C21H20N4O5S2. The molecular weight excluding hydrogens is 452 g/mol. The number of hydrogen-bond donors (Lipinski definition) is 1. The lowest BCUT2D eigenvalue weighted by molar-refractivity contribution is -0.120. The van der Waals surface area contributed by atoms with Crippen molar-refractivity contribution < 1.29 is 22.7 Å². The molecule has 9 nitrogen and oxygen atoms in total. The second-order valence-corrected chi connectivity index (χ2v) is 10.3. The van der Waals surface area contributed by atoms with Crippen LogP contribution in [0.25, 0.3) is 11.3 Å². The van der Waals surface area contributed by atoms with Crippen LogP contribution in [0.5, 0.6) is 11.5 Å². The highest BCUT2D eigenvalue weighted by Gasteiger charge is 2.32. The van der Waals surface area contributed by atoms with E-state index in [1.165, 1.54) is 34.1 Å². The van der Waals surface area contributed by atoms with Gasteiger partial charge in [0.1, 0.15) is 4.90 Å². The molecule has 1 aromatic carbocycles. The van der Waals surface area contributed by atoms with Crippen molar-refractivity contribution in [2.24, 2.45) is 5.92 Å². The van der Waals surface area contributed by atoms with Crippen LogP contribution in [0.1, 0.15) is 12.8 Å². The monoisotopic (exact) mass is 472 g/mol. The Labute approximate surface area is 189 Å². The topological polar surface area (TPSA) is 111 Å². The summed E-state index contributed by atoms with van der Waals surface area (Å²) in [4.78, 5) is 21.3. The van der Waals surface area contributed by atoms with Crippen molar-refractivity contribution in [2.75, 3.05) is 25.2 Å². The van der Waals surface area contributed by atoms with Crippen LogP contribution in [-0.2, 0) is 14.8 Å². The van der Waals surface area contributed by atoms with Crippen LogP contribution in [0.15, 0.2) is 53.0 Å². The van der Waals surface area contributed by atoms with Crippen LogP contribution < -0.4 is 14.8 Å². The zero-order valence-electron chi connectivity index (χ0n) is 16.9. The third-order valence-electron chi connectivity index (χ3n) is 5.50. The summed E-state index contributed by atoms with van der Waals surface area (Å²) < 4.78 is 37.6. The van der Waals surface area contributed by atoms with Gasteiger partial charge in [-0.15, -0.1) is 11.3 Å². The number of amides is 1. The van der Waals surface area contributed by atoms with Crippen molar-refractivity contribution in [3.63, 3.8) is 0 Å². The number of rotatable bonds is 5. The summed E-state index contributed by atoms with van der Waals surface area (Å²) in [6.07, 6.45) is 3.78.